The van der Waals surface area contributed by atoms with Crippen LogP contribution >= 0.6 is 0 Å². The number of pyridine rings is 1. The molecular formula is C17H22FN3O2. The van der Waals surface area contributed by atoms with Crippen molar-refractivity contribution in [2.45, 2.75) is 43.6 Å². The number of alkyl halides is 1. The van der Waals surface area contributed by atoms with Gasteiger partial charge in [0.15, 0.2) is 5.67 Å². The summed E-state index contributed by atoms with van der Waals surface area (Å²) in [6.07, 6.45) is 5.22. The average molecular weight is 319 g/mol. The van der Waals surface area contributed by atoms with Crippen LogP contribution in [0.4, 0.5) is 4.39 Å². The molecule has 0 unspecified atom stereocenters. The van der Waals surface area contributed by atoms with Crippen molar-refractivity contribution >= 4 is 5.91 Å². The van der Waals surface area contributed by atoms with Crippen LogP contribution in [0.5, 0.6) is 0 Å². The summed E-state index contributed by atoms with van der Waals surface area (Å²) in [6, 6.07) is 4.36. The van der Waals surface area contributed by atoms with Gasteiger partial charge < -0.3 is 9.64 Å². The summed E-state index contributed by atoms with van der Waals surface area (Å²) in [5.74, 6) is -0.328. The summed E-state index contributed by atoms with van der Waals surface area (Å²) in [7, 11) is 0. The summed E-state index contributed by atoms with van der Waals surface area (Å²) in [4.78, 5) is 20.4. The fourth-order valence-corrected chi connectivity index (χ4v) is 3.68. The Morgan fingerprint density at radius 1 is 1.35 bits per heavy atom. The molecular weight excluding hydrogens is 297 g/mol. The minimum atomic E-state index is -1.57. The first-order valence-electron chi connectivity index (χ1n) is 8.39. The number of hydrogen-bond acceptors (Lipinski definition) is 4. The van der Waals surface area contributed by atoms with E-state index in [0.717, 1.165) is 19.5 Å². The first kappa shape index (κ1) is 15.0. The lowest BCUT2D eigenvalue weighted by Gasteiger charge is -2.47. The molecule has 0 spiro atoms. The van der Waals surface area contributed by atoms with E-state index >= 15 is 0 Å². The van der Waals surface area contributed by atoms with Crippen LogP contribution in [0.2, 0.25) is 0 Å². The van der Waals surface area contributed by atoms with Crippen molar-refractivity contribution in [2.24, 2.45) is 0 Å². The number of piperidine rings is 1. The summed E-state index contributed by atoms with van der Waals surface area (Å²) < 4.78 is 19.9. The minimum Gasteiger partial charge on any atom is -0.373 e. The molecule has 2 aliphatic heterocycles. The lowest BCUT2D eigenvalue weighted by atomic mass is 9.97. The molecule has 0 aromatic carbocycles. The molecule has 1 aromatic heterocycles. The zero-order valence-corrected chi connectivity index (χ0v) is 13.2. The molecule has 1 saturated carbocycles. The Morgan fingerprint density at radius 3 is 2.87 bits per heavy atom. The molecule has 0 N–H and O–H groups in total. The highest BCUT2D eigenvalue weighted by molar-refractivity contribution is 5.88. The van der Waals surface area contributed by atoms with Crippen LogP contribution in [0.1, 0.15) is 24.8 Å². The fraction of sp³-hybridized carbons (Fsp3) is 0.647. The van der Waals surface area contributed by atoms with Gasteiger partial charge >= 0.3 is 0 Å². The first-order valence-corrected chi connectivity index (χ1v) is 8.39. The van der Waals surface area contributed by atoms with Gasteiger partial charge in [-0.3, -0.25) is 14.7 Å². The molecule has 0 bridgehead atoms. The number of halogens is 1. The van der Waals surface area contributed by atoms with Crippen LogP contribution in [0.25, 0.3) is 0 Å². The molecule has 4 rings (SSSR count). The minimum absolute atomic E-state index is 0.00867. The smallest absolute Gasteiger partial charge is 0.260 e. The number of carbonyl (C=O) groups excluding carboxylic acids is 1. The predicted octanol–water partition coefficient (Wildman–Crippen LogP) is 1.39. The van der Waals surface area contributed by atoms with Gasteiger partial charge in [-0.15, -0.1) is 0 Å². The number of fused-ring (bicyclic) bond motifs is 1. The fourth-order valence-electron chi connectivity index (χ4n) is 3.68. The van der Waals surface area contributed by atoms with Gasteiger partial charge in [0.1, 0.15) is 0 Å². The molecule has 3 aliphatic rings. The lowest BCUT2D eigenvalue weighted by Crippen LogP contribution is -2.60. The number of rotatable bonds is 3. The highest BCUT2D eigenvalue weighted by atomic mass is 19.1. The standard InChI is InChI=1S/C17H22FN3O2/c18-17(4-5-17)16(22)21-8-3-14-15(12-21)23-10-9-20(14)11-13-1-6-19-7-2-13/h1-2,6-7,14-15H,3-5,8-12H2/t14-,15-/m0/s1. The summed E-state index contributed by atoms with van der Waals surface area (Å²) in [5, 5.41) is 0. The number of aromatic nitrogens is 1. The maximum Gasteiger partial charge on any atom is 0.260 e. The number of likely N-dealkylation sites (tertiary alicyclic amines) is 1. The van der Waals surface area contributed by atoms with Crippen LogP contribution in [0, 0.1) is 0 Å². The van der Waals surface area contributed by atoms with E-state index in [0.29, 0.717) is 38.6 Å². The van der Waals surface area contributed by atoms with E-state index in [1.165, 1.54) is 5.56 Å². The summed E-state index contributed by atoms with van der Waals surface area (Å²) in [6.45, 7) is 3.57. The largest absolute Gasteiger partial charge is 0.373 e. The third-order valence-electron chi connectivity index (χ3n) is 5.20. The van der Waals surface area contributed by atoms with E-state index in [9.17, 15) is 9.18 Å². The van der Waals surface area contributed by atoms with Gasteiger partial charge in [-0.25, -0.2) is 4.39 Å². The van der Waals surface area contributed by atoms with E-state index < -0.39 is 5.67 Å². The number of carbonyl (C=O) groups is 1. The van der Waals surface area contributed by atoms with Crippen molar-refractivity contribution < 1.29 is 13.9 Å². The average Bonchev–Trinajstić information content (AvgIpc) is 3.34. The lowest BCUT2D eigenvalue weighted by molar-refractivity contribution is -0.151. The van der Waals surface area contributed by atoms with Crippen LogP contribution in [-0.2, 0) is 16.1 Å². The van der Waals surface area contributed by atoms with Crippen LogP contribution in [0.15, 0.2) is 24.5 Å². The molecule has 124 valence electrons. The van der Waals surface area contributed by atoms with Crippen molar-refractivity contribution in [3.05, 3.63) is 30.1 Å². The van der Waals surface area contributed by atoms with Crippen LogP contribution in [0.3, 0.4) is 0 Å². The van der Waals surface area contributed by atoms with Crippen molar-refractivity contribution in [1.82, 2.24) is 14.8 Å². The number of ether oxygens (including phenoxy) is 1. The Kier molecular flexibility index (Phi) is 3.81. The maximum atomic E-state index is 14.0. The van der Waals surface area contributed by atoms with E-state index in [1.54, 1.807) is 4.90 Å². The third kappa shape index (κ3) is 2.97. The van der Waals surface area contributed by atoms with Crippen molar-refractivity contribution in [1.29, 1.82) is 0 Å². The Labute approximate surface area is 135 Å². The van der Waals surface area contributed by atoms with Gasteiger partial charge in [0.05, 0.1) is 12.7 Å². The number of nitrogens with zero attached hydrogens (tertiary/aromatic N) is 3. The highest BCUT2D eigenvalue weighted by Crippen LogP contribution is 2.42. The molecule has 5 nitrogen and oxygen atoms in total. The predicted molar refractivity (Wildman–Crippen MR) is 82.4 cm³/mol. The summed E-state index contributed by atoms with van der Waals surface area (Å²) in [5.41, 5.74) is -0.335. The second kappa shape index (κ2) is 5.83. The van der Waals surface area contributed by atoms with Crippen LogP contribution < -0.4 is 0 Å². The van der Waals surface area contributed by atoms with Crippen molar-refractivity contribution in [3.8, 4) is 0 Å². The summed E-state index contributed by atoms with van der Waals surface area (Å²) >= 11 is 0. The molecule has 1 aromatic rings. The molecule has 1 amide bonds. The third-order valence-corrected chi connectivity index (χ3v) is 5.20. The van der Waals surface area contributed by atoms with Gasteiger partial charge in [0.25, 0.3) is 5.91 Å². The Balaban J connectivity index is 1.41. The quantitative estimate of drug-likeness (QED) is 0.844. The molecule has 3 fully saturated rings. The normalized spacial score (nSPS) is 29.9. The second-order valence-corrected chi connectivity index (χ2v) is 6.81. The highest BCUT2D eigenvalue weighted by Gasteiger charge is 2.54. The molecule has 23 heavy (non-hydrogen) atoms. The van der Waals surface area contributed by atoms with Crippen LogP contribution in [-0.4, -0.2) is 64.7 Å². The molecule has 2 atom stereocenters. The molecule has 1 aliphatic carbocycles. The molecule has 6 heteroatoms. The van der Waals surface area contributed by atoms with Crippen molar-refractivity contribution in [3.63, 3.8) is 0 Å². The monoisotopic (exact) mass is 319 g/mol. The SMILES string of the molecule is O=C(N1CC[C@H]2[C@H](C1)OCCN2Cc1ccncc1)C1(F)CC1. The van der Waals surface area contributed by atoms with E-state index in [2.05, 4.69) is 9.88 Å². The van der Waals surface area contributed by atoms with E-state index in [4.69, 9.17) is 4.74 Å². The van der Waals surface area contributed by atoms with E-state index in [1.807, 2.05) is 24.5 Å². The second-order valence-electron chi connectivity index (χ2n) is 6.81. The number of hydrogen-bond donors (Lipinski definition) is 0. The maximum absolute atomic E-state index is 14.0. The molecule has 2 saturated heterocycles. The Morgan fingerprint density at radius 2 is 2.13 bits per heavy atom. The zero-order valence-electron chi connectivity index (χ0n) is 13.2. The number of morpholine rings is 1. The Bertz CT molecular complexity index is 578. The topological polar surface area (TPSA) is 45.7 Å². The molecule has 0 radical (unpaired) electrons. The van der Waals surface area contributed by atoms with Crippen molar-refractivity contribution in [2.75, 3.05) is 26.2 Å². The van der Waals surface area contributed by atoms with Gasteiger partial charge in [-0.1, -0.05) is 0 Å². The first-order chi connectivity index (χ1) is 11.2. The van der Waals surface area contributed by atoms with Gasteiger partial charge in [0.2, 0.25) is 0 Å². The van der Waals surface area contributed by atoms with E-state index in [-0.39, 0.29) is 12.0 Å². The number of amides is 1. The van der Waals surface area contributed by atoms with Gasteiger partial charge in [-0.2, -0.15) is 0 Å². The van der Waals surface area contributed by atoms with Gasteiger partial charge in [0, 0.05) is 44.6 Å². The Hall–Kier alpha value is -1.53. The van der Waals surface area contributed by atoms with Gasteiger partial charge in [-0.05, 0) is 37.0 Å². The zero-order chi connectivity index (χ0) is 15.9. The molecule has 3 heterocycles.